The van der Waals surface area contributed by atoms with Gasteiger partial charge in [-0.2, -0.15) is 10.1 Å². The third-order valence-corrected chi connectivity index (χ3v) is 7.63. The van der Waals surface area contributed by atoms with Crippen LogP contribution in [0.4, 0.5) is 0 Å². The predicted octanol–water partition coefficient (Wildman–Crippen LogP) is 27.8. The zero-order valence-corrected chi connectivity index (χ0v) is 20.3. The number of hydrogen-bond donors (Lipinski definition) is 0. The minimum absolute atomic E-state index is 0.0609. The highest BCUT2D eigenvalue weighted by Crippen LogP contribution is 2.52. The Balaban J connectivity index is -0.0000000101. The number of carbonyl (C=O) groups is 1. The van der Waals surface area contributed by atoms with Gasteiger partial charge in [-0.05, 0) is 55.2 Å². The number of hydrogen-bond acceptors (Lipinski definition) is 6. The average Bonchev–Trinajstić information content (AvgIpc) is 1.57. The first-order valence-corrected chi connectivity index (χ1v) is 12.0. The van der Waals surface area contributed by atoms with Crippen molar-refractivity contribution >= 4 is 5.78 Å². The number of rotatable bonds is 3. The molecular formula is C28H208N6O2. The van der Waals surface area contributed by atoms with E-state index in [0.29, 0.717) is 11.7 Å². The summed E-state index contributed by atoms with van der Waals surface area (Å²) >= 11 is 0. The van der Waals surface area contributed by atoms with E-state index in [9.17, 15) is 4.79 Å². The SMILES string of the molecule is [3H][3H].[3H][3H].[3H][3H].[3H][3H].[3H][3H].[3H][3H].[3H][3H].[3H][3H].[3H][3H].[3H][3H].[3H][3H].[3H][3H].[3H][3H].[3H][3H].[3H][3H].[3H][3H].[3H][3H].[3H][3H].[3H][3H].[3H][3H].[3H][3H].[3H][3H].[3H][3H].[3H][3H].[3H][3H].[3H][3H].[3H][3H].[3H][3H].[3H][3H].[3H][3H].[3H][3H].[3H][3H].[3H][3H].[3H][3H].[3H][3H].[3H][3H].[3H][3H].[3H][3H].[3H][3H].[3H][3H].[3H][3H].[3H][3H].[3H][3H].[3H][3H].[3H][3H].[3H][3H].[3H][3H].[3H][3H].[3H][3H].[3H][3H].[3H][3H].[3H][3H].[3H][3H].[3H][3H].[3H][3H].[3H][3H].[3H][3H].[3H][3H].[3H][3H].[3H][3H].[3H][3H].[3H][3H].[3H][3H].[3H][3H].[3H][3H].[3H][3H].[3H][3H].[3H][3H].[3H][3H].[3H][3H].[3H][3H].[3H][3H].[3H][3H].[3H][3H].[3H][3H].[3H][3H].[3H][3H].[3H][3H].[3H][3H].[3H][3H].[3H][3H].[3H][3H].[3H][3H].[3H][3H].[3H][3H].[3H][3H].[3H][3H].[3H][3H].[3H][3H].[3H][3H].[3H][3H].[3H][3H].[C-]#[N+]C1=C[C@@]2(C)c3c(c(-c4cccnc4)nn3-c3ccc(-c4noc(C)n4)cc3)CC[C@@H]2[C@@H](C)C1=O. The molecule has 362 valence electrons. The molecule has 36 heavy (non-hydrogen) atoms. The van der Waals surface area contributed by atoms with Gasteiger partial charge in [0.1, 0.15) is 0 Å². The molecule has 8 nitrogen and oxygen atoms in total. The predicted molar refractivity (Wildman–Crippen MR) is 327 cm³/mol. The Labute approximate surface area is 492 Å². The second-order valence-electron chi connectivity index (χ2n) is 9.74. The molecule has 2 aliphatic carbocycles. The summed E-state index contributed by atoms with van der Waals surface area (Å²) in [5, 5.41) is 9.12. The maximum atomic E-state index is 12.9. The zero-order chi connectivity index (χ0) is 209. The first-order chi connectivity index (χ1) is 109. The Morgan fingerprint density at radius 3 is 2.72 bits per heavy atom. The fourth-order valence-electron chi connectivity index (χ4n) is 5.91. The van der Waals surface area contributed by atoms with Gasteiger partial charge in [0.2, 0.25) is 17.4 Å². The van der Waals surface area contributed by atoms with E-state index in [0.717, 1.165) is 46.6 Å². The van der Waals surface area contributed by atoms with Gasteiger partial charge in [0.05, 0.1) is 23.6 Å². The van der Waals surface area contributed by atoms with E-state index in [4.69, 9.17) is 289 Å². The van der Waals surface area contributed by atoms with Crippen LogP contribution in [0.2, 0.25) is 0 Å². The van der Waals surface area contributed by atoms with Crippen LogP contribution in [0.5, 0.6) is 0 Å². The summed E-state index contributed by atoms with van der Waals surface area (Å²) in [5.41, 5.74) is 5.43. The summed E-state index contributed by atoms with van der Waals surface area (Å²) in [5.74, 6) is 0.842. The van der Waals surface area contributed by atoms with Crippen LogP contribution in [0.3, 0.4) is 0 Å². The molecule has 1 aromatic carbocycles. The quantitative estimate of drug-likeness (QED) is 0.190. The summed E-state index contributed by atoms with van der Waals surface area (Å²) in [7, 11) is 0. The Kier molecular flexibility index (Phi) is 0.403. The van der Waals surface area contributed by atoms with Gasteiger partial charge in [-0.3, -0.25) is 4.98 Å². The molecule has 0 saturated carbocycles. The molecule has 4 aromatic rings. The lowest BCUT2D eigenvalue weighted by Crippen LogP contribution is -2.46. The van der Waals surface area contributed by atoms with Crippen LogP contribution in [0.1, 0.15) is 311 Å². The van der Waals surface area contributed by atoms with Crippen LogP contribution in [0, 0.1) is 25.3 Å². The van der Waals surface area contributed by atoms with Crippen molar-refractivity contribution in [2.75, 3.05) is 0 Å². The smallest absolute Gasteiger partial charge is 0.226 e. The van der Waals surface area contributed by atoms with E-state index in [2.05, 4.69) is 26.9 Å². The molecule has 0 N–H and O–H groups in total. The number of pyridine rings is 1. The highest BCUT2D eigenvalue weighted by atomic mass is 16.5. The molecule has 3 atom stereocenters. The number of aromatic nitrogens is 5. The van der Waals surface area contributed by atoms with Crippen molar-refractivity contribution in [2.45, 2.75) is 39.0 Å². The summed E-state index contributed by atoms with van der Waals surface area (Å²) in [4.78, 5) is 25.1. The van der Waals surface area contributed by atoms with Crippen LogP contribution in [0.15, 0.2) is 65.1 Å². The number of ketones is 1. The first kappa shape index (κ1) is 1.79. The number of carbonyl (C=O) groups excluding carboxylic acids is 1. The Hall–Kier alpha value is -4.38. The summed E-state index contributed by atoms with van der Waals surface area (Å²) < 4.78 is 927. The summed E-state index contributed by atoms with van der Waals surface area (Å²) in [6.45, 7) is 13.5. The lowest BCUT2D eigenvalue weighted by molar-refractivity contribution is -0.121. The molecule has 0 radical (unpaired) electrons. The van der Waals surface area contributed by atoms with Crippen molar-refractivity contribution < 1.29 is 283 Å². The lowest BCUT2D eigenvalue weighted by atomic mass is 9.58. The van der Waals surface area contributed by atoms with Crippen LogP contribution >= 0.6 is 0 Å². The maximum absolute atomic E-state index is 12.9. The van der Waals surface area contributed by atoms with Gasteiger partial charge < -0.3 is 9.32 Å². The standard InChI is InChI=1S/C28H24N6O2.92H2/c1-16-22-12-11-21-24(19-6-5-13-30-15-19)32-34(26(21)28(22,3)14-23(29-4)25(16)35)20-9-7-18(8-10-20)27-31-17(2)36-33-27;;;;;;;;;;;;;;;;;;;;;;;;;;;;;;;;;;;;;;;;;;;;;;;;;;;;;;;;;;;;;;;;;;;;;;;;;;;;;;;;;;;;;;;;;;;;/h5-10,13-16,22H,11-12H2,1-3H3;92*1H/t16-,22-,28-;;;;;;;;;;;;;;;;;;;;;;;;;;;;;;;;;;;;;;;;;;;;;;;;;;;;;;;;;;;;;;;;;;;;;;;;;;;;;;;;;;;;;;;;;;;;/m1............................................................................................/s1/i;92*1+2T. The van der Waals surface area contributed by atoms with Crippen LogP contribution in [-0.2, 0) is 16.6 Å². The molecule has 0 fully saturated rings. The second-order valence-corrected chi connectivity index (χ2v) is 9.74. The minimum Gasteiger partial charge on any atom is -0.339 e. The van der Waals surface area contributed by atoms with Crippen molar-refractivity contribution in [3.05, 3.63) is 89.1 Å². The highest BCUT2D eigenvalue weighted by molar-refractivity contribution is 6.00. The molecule has 2 aliphatic rings. The highest BCUT2D eigenvalue weighted by Gasteiger charge is 2.50. The molecule has 8 heteroatoms. The van der Waals surface area contributed by atoms with Crippen molar-refractivity contribution in [1.29, 1.82) is 0 Å². The number of Topliss-reactive ketones (excluding diaryl/α,β-unsaturated/α-hetero) is 1. The number of benzene rings is 1. The Morgan fingerprint density at radius 1 is 1.25 bits per heavy atom. The van der Waals surface area contributed by atoms with E-state index in [1.807, 2.05) is 60.3 Å². The van der Waals surface area contributed by atoms with Crippen LogP contribution < -0.4 is 0 Å². The molecule has 0 amide bonds. The van der Waals surface area contributed by atoms with Gasteiger partial charge in [-0.25, -0.2) is 9.53 Å². The number of nitrogens with zero attached hydrogens (tertiary/aromatic N) is 6. The van der Waals surface area contributed by atoms with Crippen molar-refractivity contribution in [3.63, 3.8) is 0 Å². The van der Waals surface area contributed by atoms with Gasteiger partial charge in [-0.1, -0.05) is 25.1 Å². The number of allylic oxidation sites excluding steroid dienone is 2. The summed E-state index contributed by atoms with van der Waals surface area (Å²) in [6.07, 6.45) is 7.12. The molecule has 0 bridgehead atoms. The second kappa shape index (κ2) is 8.09. The van der Waals surface area contributed by atoms with E-state index < -0.39 is 5.41 Å². The van der Waals surface area contributed by atoms with Gasteiger partial charge in [0.15, 0.2) is 5.78 Å². The van der Waals surface area contributed by atoms with Gasteiger partial charge in [-0.15, -0.1) is 0 Å². The Bertz CT molecular complexity index is 1700. The summed E-state index contributed by atoms with van der Waals surface area (Å²) in [6, 6.07) is 11.8. The molecule has 0 spiro atoms. The van der Waals surface area contributed by atoms with Crippen molar-refractivity contribution in [1.82, 2.24) is 24.9 Å². The van der Waals surface area contributed by atoms with Gasteiger partial charge >= 0.3 is 0 Å². The monoisotopic (exact) mass is 1030 g/mol. The van der Waals surface area contributed by atoms with Crippen LogP contribution in [0.25, 0.3) is 33.2 Å². The Morgan fingerprint density at radius 2 is 2.06 bits per heavy atom. The first-order valence-electron chi connectivity index (χ1n) is 104. The molecule has 3 heterocycles. The zero-order valence-electron chi connectivity index (χ0n) is 204. The normalized spacial score (nSPS) is 43.4. The van der Waals surface area contributed by atoms with E-state index in [1.54, 1.807) is 13.1 Å². The fourth-order valence-corrected chi connectivity index (χ4v) is 5.91. The third kappa shape index (κ3) is 3.23. The fraction of sp³-hybridized carbons (Fsp3) is 0.286. The van der Waals surface area contributed by atoms with Crippen LogP contribution in [-0.4, -0.2) is 30.7 Å². The van der Waals surface area contributed by atoms with Gasteiger partial charge in [0, 0.05) is 321 Å². The lowest BCUT2D eigenvalue weighted by Gasteiger charge is -2.45. The molecule has 6 rings (SSSR count). The molecular weight excluding hydrogens is 452 g/mol. The largest absolute Gasteiger partial charge is 0.339 e. The molecule has 3 aromatic heterocycles. The topological polar surface area (TPSA) is 91.1 Å². The van der Waals surface area contributed by atoms with Crippen molar-refractivity contribution in [2.24, 2.45) is 11.8 Å². The van der Waals surface area contributed by atoms with E-state index in [-0.39, 0.29) is 23.3 Å². The molecule has 0 unspecified atom stereocenters. The maximum Gasteiger partial charge on any atom is 0.226 e. The van der Waals surface area contributed by atoms with E-state index >= 15 is 0 Å². The number of aryl methyl sites for hydroxylation is 1. The number of fused-ring (bicyclic) bond motifs is 3. The minimum atomic E-state index is -0.516. The van der Waals surface area contributed by atoms with Gasteiger partial charge in [0.25, 0.3) is 0 Å². The molecule has 0 aliphatic heterocycles. The average molecular weight is 1030 g/mol. The van der Waals surface area contributed by atoms with Crippen molar-refractivity contribution in [3.8, 4) is 28.3 Å². The van der Waals surface area contributed by atoms with E-state index in [1.165, 1.54) is 0 Å². The third-order valence-electron chi connectivity index (χ3n) is 7.63. The molecule has 0 saturated heterocycles.